The lowest BCUT2D eigenvalue weighted by molar-refractivity contribution is -0.0293. The van der Waals surface area contributed by atoms with E-state index in [0.717, 1.165) is 6.42 Å². The predicted octanol–water partition coefficient (Wildman–Crippen LogP) is 1.28. The Morgan fingerprint density at radius 2 is 2.33 bits per heavy atom. The molecule has 0 aromatic carbocycles. The number of alkyl halides is 1. The third kappa shape index (κ3) is 2.53. The first kappa shape index (κ1) is 11.0. The molecule has 2 heterocycles. The summed E-state index contributed by atoms with van der Waals surface area (Å²) in [5.74, 6) is 0. The molecule has 0 aromatic heterocycles. The van der Waals surface area contributed by atoms with Crippen molar-refractivity contribution in [1.29, 1.82) is 0 Å². The normalized spacial score (nSPS) is 36.0. The summed E-state index contributed by atoms with van der Waals surface area (Å²) in [5.41, 5.74) is -0.694. The first-order valence-corrected chi connectivity index (χ1v) is 5.35. The fourth-order valence-corrected chi connectivity index (χ4v) is 1.89. The van der Waals surface area contributed by atoms with Gasteiger partial charge >= 0.3 is 6.16 Å². The molecule has 4 unspecified atom stereocenters. The Morgan fingerprint density at radius 3 is 3.07 bits per heavy atom. The van der Waals surface area contributed by atoms with Crippen LogP contribution in [0.3, 0.4) is 0 Å². The number of hydrogen-bond acceptors (Lipinski definition) is 5. The molecule has 4 atom stereocenters. The van der Waals surface area contributed by atoms with Crippen molar-refractivity contribution in [3.8, 4) is 0 Å². The SMILES string of the molecule is CC(Cl)OC(=O)OC1COC2CCOC21. The Kier molecular flexibility index (Phi) is 3.33. The molecule has 0 saturated carbocycles. The molecular formula is C9H13ClO5. The van der Waals surface area contributed by atoms with E-state index < -0.39 is 11.7 Å². The Balaban J connectivity index is 1.82. The van der Waals surface area contributed by atoms with Gasteiger partial charge in [-0.1, -0.05) is 11.6 Å². The highest BCUT2D eigenvalue weighted by Crippen LogP contribution is 2.28. The zero-order chi connectivity index (χ0) is 10.8. The number of halogens is 1. The molecule has 15 heavy (non-hydrogen) atoms. The third-order valence-electron chi connectivity index (χ3n) is 2.43. The molecule has 0 spiro atoms. The van der Waals surface area contributed by atoms with Crippen LogP contribution in [-0.2, 0) is 18.9 Å². The summed E-state index contributed by atoms with van der Waals surface area (Å²) in [6.45, 7) is 2.56. The van der Waals surface area contributed by atoms with Crippen LogP contribution in [0.25, 0.3) is 0 Å². The van der Waals surface area contributed by atoms with Crippen molar-refractivity contribution in [1.82, 2.24) is 0 Å². The van der Waals surface area contributed by atoms with Gasteiger partial charge in [0.25, 0.3) is 0 Å². The van der Waals surface area contributed by atoms with Gasteiger partial charge in [-0.25, -0.2) is 4.79 Å². The van der Waals surface area contributed by atoms with Gasteiger partial charge in [0.1, 0.15) is 6.10 Å². The second-order valence-corrected chi connectivity index (χ2v) is 4.18. The number of ether oxygens (including phenoxy) is 4. The molecule has 0 bridgehead atoms. The Hall–Kier alpha value is -0.520. The van der Waals surface area contributed by atoms with Gasteiger partial charge in [0.05, 0.1) is 12.7 Å². The molecular weight excluding hydrogens is 224 g/mol. The van der Waals surface area contributed by atoms with Crippen molar-refractivity contribution in [3.63, 3.8) is 0 Å². The van der Waals surface area contributed by atoms with Gasteiger partial charge in [0.2, 0.25) is 0 Å². The van der Waals surface area contributed by atoms with E-state index in [9.17, 15) is 4.79 Å². The lowest BCUT2D eigenvalue weighted by Crippen LogP contribution is -2.32. The van der Waals surface area contributed by atoms with Crippen molar-refractivity contribution in [3.05, 3.63) is 0 Å². The smallest absolute Gasteiger partial charge is 0.426 e. The van der Waals surface area contributed by atoms with E-state index in [1.165, 1.54) is 0 Å². The van der Waals surface area contributed by atoms with E-state index in [2.05, 4.69) is 4.74 Å². The van der Waals surface area contributed by atoms with Crippen LogP contribution in [0.2, 0.25) is 0 Å². The number of hydrogen-bond donors (Lipinski definition) is 0. The van der Waals surface area contributed by atoms with Crippen molar-refractivity contribution in [2.75, 3.05) is 13.2 Å². The molecule has 2 rings (SSSR count). The average Bonchev–Trinajstić information content (AvgIpc) is 2.68. The van der Waals surface area contributed by atoms with Crippen LogP contribution in [-0.4, -0.2) is 43.2 Å². The zero-order valence-electron chi connectivity index (χ0n) is 8.35. The number of rotatable bonds is 2. The van der Waals surface area contributed by atoms with Crippen LogP contribution in [0, 0.1) is 0 Å². The van der Waals surface area contributed by atoms with Crippen molar-refractivity contribution < 1.29 is 23.7 Å². The van der Waals surface area contributed by atoms with E-state index >= 15 is 0 Å². The fraction of sp³-hybridized carbons (Fsp3) is 0.889. The number of carbonyl (C=O) groups excluding carboxylic acids is 1. The van der Waals surface area contributed by atoms with Crippen LogP contribution < -0.4 is 0 Å². The highest BCUT2D eigenvalue weighted by Gasteiger charge is 2.44. The van der Waals surface area contributed by atoms with Crippen molar-refractivity contribution in [2.45, 2.75) is 37.2 Å². The summed E-state index contributed by atoms with van der Waals surface area (Å²) in [6, 6.07) is 0. The van der Waals surface area contributed by atoms with Crippen LogP contribution >= 0.6 is 11.6 Å². The molecule has 0 aliphatic carbocycles. The Morgan fingerprint density at radius 1 is 1.53 bits per heavy atom. The van der Waals surface area contributed by atoms with E-state index in [4.69, 9.17) is 25.8 Å². The molecule has 0 aromatic rings. The molecule has 0 radical (unpaired) electrons. The van der Waals surface area contributed by atoms with Gasteiger partial charge in [-0.2, -0.15) is 0 Å². The molecule has 86 valence electrons. The molecule has 0 amide bonds. The topological polar surface area (TPSA) is 54.0 Å². The highest BCUT2D eigenvalue weighted by atomic mass is 35.5. The third-order valence-corrected chi connectivity index (χ3v) is 2.52. The van der Waals surface area contributed by atoms with E-state index in [1.807, 2.05) is 0 Å². The van der Waals surface area contributed by atoms with Crippen molar-refractivity contribution >= 4 is 17.8 Å². The monoisotopic (exact) mass is 236 g/mol. The molecule has 2 saturated heterocycles. The summed E-state index contributed by atoms with van der Waals surface area (Å²) < 4.78 is 20.5. The summed E-state index contributed by atoms with van der Waals surface area (Å²) in [7, 11) is 0. The summed E-state index contributed by atoms with van der Waals surface area (Å²) in [5, 5.41) is 0. The lowest BCUT2D eigenvalue weighted by Gasteiger charge is -2.16. The first-order chi connectivity index (χ1) is 7.16. The van der Waals surface area contributed by atoms with Crippen molar-refractivity contribution in [2.24, 2.45) is 0 Å². The summed E-state index contributed by atoms with van der Waals surface area (Å²) in [6.07, 6.45) is -0.395. The maximum Gasteiger partial charge on any atom is 0.510 e. The highest BCUT2D eigenvalue weighted by molar-refractivity contribution is 6.19. The minimum atomic E-state index is -0.776. The van der Waals surface area contributed by atoms with Crippen LogP contribution in [0.1, 0.15) is 13.3 Å². The molecule has 5 nitrogen and oxygen atoms in total. The second kappa shape index (κ2) is 4.55. The maximum atomic E-state index is 11.2. The number of fused-ring (bicyclic) bond motifs is 1. The minimum absolute atomic E-state index is 0.0521. The molecule has 6 heteroatoms. The second-order valence-electron chi connectivity index (χ2n) is 3.56. The largest absolute Gasteiger partial charge is 0.510 e. The summed E-state index contributed by atoms with van der Waals surface area (Å²) >= 11 is 5.48. The van der Waals surface area contributed by atoms with Crippen LogP contribution in [0.4, 0.5) is 4.79 Å². The van der Waals surface area contributed by atoms with Crippen LogP contribution in [0.5, 0.6) is 0 Å². The first-order valence-electron chi connectivity index (χ1n) is 4.91. The lowest BCUT2D eigenvalue weighted by atomic mass is 10.1. The van der Waals surface area contributed by atoms with Gasteiger partial charge in [-0.3, -0.25) is 0 Å². The average molecular weight is 237 g/mol. The van der Waals surface area contributed by atoms with Crippen LogP contribution in [0.15, 0.2) is 0 Å². The molecule has 2 fully saturated rings. The van der Waals surface area contributed by atoms with Gasteiger partial charge in [0.15, 0.2) is 11.7 Å². The van der Waals surface area contributed by atoms with Gasteiger partial charge in [0, 0.05) is 6.61 Å². The molecule has 0 N–H and O–H groups in total. The van der Waals surface area contributed by atoms with Gasteiger partial charge in [-0.15, -0.1) is 0 Å². The van der Waals surface area contributed by atoms with Gasteiger partial charge < -0.3 is 18.9 Å². The quantitative estimate of drug-likeness (QED) is 0.534. The van der Waals surface area contributed by atoms with E-state index in [-0.39, 0.29) is 18.3 Å². The van der Waals surface area contributed by atoms with E-state index in [0.29, 0.717) is 13.2 Å². The summed E-state index contributed by atoms with van der Waals surface area (Å²) in [4.78, 5) is 11.2. The van der Waals surface area contributed by atoms with E-state index in [1.54, 1.807) is 6.92 Å². The number of carbonyl (C=O) groups is 1. The minimum Gasteiger partial charge on any atom is -0.426 e. The molecule has 2 aliphatic rings. The Bertz CT molecular complexity index is 245. The fourth-order valence-electron chi connectivity index (χ4n) is 1.82. The maximum absolute atomic E-state index is 11.2. The Labute approximate surface area is 92.6 Å². The predicted molar refractivity (Wildman–Crippen MR) is 50.8 cm³/mol. The molecule has 2 aliphatic heterocycles. The zero-order valence-corrected chi connectivity index (χ0v) is 9.11. The van der Waals surface area contributed by atoms with Gasteiger partial charge in [-0.05, 0) is 13.3 Å². The standard InChI is InChI=1S/C9H13ClO5/c1-5(10)14-9(11)15-7-4-13-6-2-3-12-8(6)7/h5-8H,2-4H2,1H3.